The molecule has 0 aromatic rings. The standard InChI is InChI=1S/C14H32N.CH3FO3S/c1-5-9-10-11-12-13-14-15(6-2,7-3)8-4;2-1-6(3,4)5/h5-14H2,1-4H3;1H2,(H,3,4,5)/q+1;/p-1. The van der Waals surface area contributed by atoms with Gasteiger partial charge in [-0.3, -0.25) is 0 Å². The molecule has 21 heavy (non-hydrogen) atoms. The average Bonchev–Trinajstić information content (AvgIpc) is 2.47. The van der Waals surface area contributed by atoms with Crippen molar-refractivity contribution in [3.8, 4) is 0 Å². The quantitative estimate of drug-likeness (QED) is 0.330. The predicted octanol–water partition coefficient (Wildman–Crippen LogP) is 3.68. The summed E-state index contributed by atoms with van der Waals surface area (Å²) in [6, 6.07) is -1.81. The van der Waals surface area contributed by atoms with Gasteiger partial charge in [-0.1, -0.05) is 32.6 Å². The summed E-state index contributed by atoms with van der Waals surface area (Å²) in [6.45, 7) is 14.6. The van der Waals surface area contributed by atoms with E-state index in [9.17, 15) is 4.39 Å². The number of rotatable bonds is 11. The Balaban J connectivity index is 0. The second-order valence-corrected chi connectivity index (χ2v) is 6.78. The lowest BCUT2D eigenvalue weighted by Gasteiger charge is -2.35. The lowest BCUT2D eigenvalue weighted by Crippen LogP contribution is -2.48. The Hall–Kier alpha value is -0.200. The van der Waals surface area contributed by atoms with Crippen molar-refractivity contribution < 1.29 is 21.8 Å². The third-order valence-electron chi connectivity index (χ3n) is 4.13. The highest BCUT2D eigenvalue weighted by atomic mass is 32.2. The first kappa shape index (κ1) is 23.1. The summed E-state index contributed by atoms with van der Waals surface area (Å²) < 4.78 is 39.1. The maximum atomic E-state index is 10.6. The van der Waals surface area contributed by atoms with Crippen LogP contribution in [0.4, 0.5) is 4.39 Å². The van der Waals surface area contributed by atoms with Crippen LogP contribution < -0.4 is 0 Å². The molecule has 4 nitrogen and oxygen atoms in total. The molecule has 0 rings (SSSR count). The number of alkyl halides is 1. The maximum absolute atomic E-state index is 10.6. The highest BCUT2D eigenvalue weighted by molar-refractivity contribution is 7.85. The zero-order valence-electron chi connectivity index (χ0n) is 14.2. The van der Waals surface area contributed by atoms with Gasteiger partial charge in [0.1, 0.15) is 10.1 Å². The summed E-state index contributed by atoms with van der Waals surface area (Å²) >= 11 is 0. The molecule has 0 amide bonds. The molecule has 0 fully saturated rings. The smallest absolute Gasteiger partial charge is 0.179 e. The van der Waals surface area contributed by atoms with Gasteiger partial charge < -0.3 is 9.04 Å². The van der Waals surface area contributed by atoms with E-state index < -0.39 is 16.1 Å². The Morgan fingerprint density at radius 1 is 0.857 bits per heavy atom. The van der Waals surface area contributed by atoms with Crippen LogP contribution in [0.25, 0.3) is 0 Å². The molecule has 0 radical (unpaired) electrons. The Morgan fingerprint density at radius 3 is 1.57 bits per heavy atom. The fourth-order valence-corrected chi connectivity index (χ4v) is 2.37. The van der Waals surface area contributed by atoms with Gasteiger partial charge in [0, 0.05) is 0 Å². The number of nitrogens with zero attached hydrogens (tertiary/aromatic N) is 1. The molecular formula is C15H34FNO3S. The van der Waals surface area contributed by atoms with Crippen molar-refractivity contribution in [2.75, 3.05) is 32.2 Å². The van der Waals surface area contributed by atoms with E-state index in [4.69, 9.17) is 13.0 Å². The van der Waals surface area contributed by atoms with Gasteiger partial charge in [0.2, 0.25) is 0 Å². The van der Waals surface area contributed by atoms with Gasteiger partial charge in [0.05, 0.1) is 26.2 Å². The Bertz CT molecular complexity index is 309. The molecule has 0 aliphatic rings. The molecule has 0 unspecified atom stereocenters. The molecule has 0 atom stereocenters. The van der Waals surface area contributed by atoms with Gasteiger partial charge >= 0.3 is 0 Å². The molecule has 130 valence electrons. The average molecular weight is 328 g/mol. The van der Waals surface area contributed by atoms with Gasteiger partial charge in [-0.2, -0.15) is 0 Å². The van der Waals surface area contributed by atoms with Crippen LogP contribution in [0, 0.1) is 0 Å². The molecule has 0 N–H and O–H groups in total. The minimum atomic E-state index is -4.58. The van der Waals surface area contributed by atoms with E-state index >= 15 is 0 Å². The van der Waals surface area contributed by atoms with E-state index in [1.54, 1.807) is 0 Å². The topological polar surface area (TPSA) is 57.2 Å². The van der Waals surface area contributed by atoms with Crippen molar-refractivity contribution in [3.05, 3.63) is 0 Å². The largest absolute Gasteiger partial charge is 0.746 e. The van der Waals surface area contributed by atoms with E-state index in [0.717, 1.165) is 0 Å². The summed E-state index contributed by atoms with van der Waals surface area (Å²) in [6.07, 6.45) is 8.55. The number of halogens is 1. The molecule has 0 saturated carbocycles. The van der Waals surface area contributed by atoms with Crippen LogP contribution in [0.1, 0.15) is 66.2 Å². The van der Waals surface area contributed by atoms with Gasteiger partial charge in [0.25, 0.3) is 0 Å². The monoisotopic (exact) mass is 327 g/mol. The summed E-state index contributed by atoms with van der Waals surface area (Å²) in [5, 5.41) is 0. The molecule has 0 saturated heterocycles. The minimum Gasteiger partial charge on any atom is -0.746 e. The summed E-state index contributed by atoms with van der Waals surface area (Å²) in [4.78, 5) is 0. The zero-order valence-corrected chi connectivity index (χ0v) is 15.1. The molecule has 0 heterocycles. The minimum absolute atomic E-state index is 1.31. The number of quaternary nitrogens is 1. The van der Waals surface area contributed by atoms with E-state index in [1.807, 2.05) is 0 Å². The van der Waals surface area contributed by atoms with Crippen LogP contribution >= 0.6 is 0 Å². The molecule has 0 bridgehead atoms. The Morgan fingerprint density at radius 2 is 1.24 bits per heavy atom. The normalized spacial score (nSPS) is 11.9. The zero-order chi connectivity index (χ0) is 16.8. The summed E-state index contributed by atoms with van der Waals surface area (Å²) in [7, 11) is -4.58. The van der Waals surface area contributed by atoms with Gasteiger partial charge in [-0.05, 0) is 33.6 Å². The Kier molecular flexibility index (Phi) is 14.8. The lowest BCUT2D eigenvalue weighted by atomic mass is 10.1. The molecule has 0 spiro atoms. The number of unbranched alkanes of at least 4 members (excludes halogenated alkanes) is 5. The summed E-state index contributed by atoms with van der Waals surface area (Å²) in [5.74, 6) is 0. The van der Waals surface area contributed by atoms with Gasteiger partial charge in [0.15, 0.2) is 6.01 Å². The Labute approximate surface area is 131 Å². The third-order valence-corrected chi connectivity index (χ3v) is 4.40. The van der Waals surface area contributed by atoms with E-state index in [0.29, 0.717) is 0 Å². The van der Waals surface area contributed by atoms with Crippen LogP contribution in [0.15, 0.2) is 0 Å². The van der Waals surface area contributed by atoms with Crippen LogP contribution in [-0.2, 0) is 10.1 Å². The van der Waals surface area contributed by atoms with Crippen LogP contribution in [0.5, 0.6) is 0 Å². The fourth-order valence-electron chi connectivity index (χ4n) is 2.37. The third kappa shape index (κ3) is 14.5. The number of hydrogen-bond donors (Lipinski definition) is 0. The van der Waals surface area contributed by atoms with Gasteiger partial charge in [-0.25, -0.2) is 12.8 Å². The van der Waals surface area contributed by atoms with Gasteiger partial charge in [-0.15, -0.1) is 0 Å². The molecule has 0 aromatic carbocycles. The lowest BCUT2D eigenvalue weighted by molar-refractivity contribution is -0.923. The van der Waals surface area contributed by atoms with Crippen LogP contribution in [-0.4, -0.2) is 49.6 Å². The van der Waals surface area contributed by atoms with Crippen molar-refractivity contribution in [1.29, 1.82) is 0 Å². The van der Waals surface area contributed by atoms with E-state index in [1.165, 1.54) is 69.2 Å². The van der Waals surface area contributed by atoms with Crippen LogP contribution in [0.3, 0.4) is 0 Å². The highest BCUT2D eigenvalue weighted by Crippen LogP contribution is 2.11. The molecule has 0 aliphatic heterocycles. The van der Waals surface area contributed by atoms with E-state index in [2.05, 4.69) is 27.7 Å². The molecular weight excluding hydrogens is 293 g/mol. The first-order valence-electron chi connectivity index (χ1n) is 8.15. The summed E-state index contributed by atoms with van der Waals surface area (Å²) in [5.41, 5.74) is 0. The second kappa shape index (κ2) is 13.5. The van der Waals surface area contributed by atoms with Crippen molar-refractivity contribution in [1.82, 2.24) is 0 Å². The molecule has 0 aliphatic carbocycles. The fraction of sp³-hybridized carbons (Fsp3) is 1.00. The first-order chi connectivity index (χ1) is 9.80. The highest BCUT2D eigenvalue weighted by Gasteiger charge is 2.19. The second-order valence-electron chi connectivity index (χ2n) is 5.45. The van der Waals surface area contributed by atoms with Crippen molar-refractivity contribution >= 4 is 10.1 Å². The predicted molar refractivity (Wildman–Crippen MR) is 85.8 cm³/mol. The van der Waals surface area contributed by atoms with Crippen LogP contribution in [0.2, 0.25) is 0 Å². The van der Waals surface area contributed by atoms with Crippen molar-refractivity contribution in [2.24, 2.45) is 0 Å². The maximum Gasteiger partial charge on any atom is 0.179 e. The molecule has 6 heteroatoms. The molecule has 0 aromatic heterocycles. The van der Waals surface area contributed by atoms with Crippen molar-refractivity contribution in [2.45, 2.75) is 66.2 Å². The first-order valence-corrected chi connectivity index (χ1v) is 9.73. The number of hydrogen-bond acceptors (Lipinski definition) is 3. The van der Waals surface area contributed by atoms with Crippen molar-refractivity contribution in [3.63, 3.8) is 0 Å². The SMILES string of the molecule is CCCCCCCC[N+](CC)(CC)CC.O=S(=O)([O-])CF. The van der Waals surface area contributed by atoms with E-state index in [-0.39, 0.29) is 0 Å².